The molecule has 1 aliphatic rings. The number of nitro groups is 1. The summed E-state index contributed by atoms with van der Waals surface area (Å²) in [5.41, 5.74) is 1.43. The van der Waals surface area contributed by atoms with E-state index in [0.29, 0.717) is 10.9 Å². The van der Waals surface area contributed by atoms with Gasteiger partial charge in [-0.3, -0.25) is 10.1 Å². The van der Waals surface area contributed by atoms with Gasteiger partial charge in [0, 0.05) is 17.7 Å². The lowest BCUT2D eigenvalue weighted by molar-refractivity contribution is -0.384. The maximum atomic E-state index is 10.5. The molecule has 2 rings (SSSR count). The summed E-state index contributed by atoms with van der Waals surface area (Å²) >= 11 is 0. The fourth-order valence-electron chi connectivity index (χ4n) is 1.81. The molecular formula is C11H14ClNO2S. The molecule has 0 amide bonds. The Hall–Kier alpha value is -0.740. The molecular weight excluding hydrogens is 246 g/mol. The molecule has 0 radical (unpaired) electrons. The van der Waals surface area contributed by atoms with Crippen molar-refractivity contribution in [3.8, 4) is 0 Å². The van der Waals surface area contributed by atoms with Crippen LogP contribution in [0.2, 0.25) is 0 Å². The highest BCUT2D eigenvalue weighted by atomic mass is 35.5. The van der Waals surface area contributed by atoms with E-state index >= 15 is 0 Å². The van der Waals surface area contributed by atoms with Crippen LogP contribution < -0.4 is 12.4 Å². The summed E-state index contributed by atoms with van der Waals surface area (Å²) in [5.74, 6) is 3.80. The monoisotopic (exact) mass is 259 g/mol. The molecule has 1 aromatic rings. The molecule has 0 aromatic heterocycles. The zero-order valence-electron chi connectivity index (χ0n) is 8.89. The number of non-ortho nitro benzene ring substituents is 1. The van der Waals surface area contributed by atoms with Crippen LogP contribution in [0.3, 0.4) is 0 Å². The molecule has 0 saturated carbocycles. The molecule has 0 atom stereocenters. The molecule has 5 heteroatoms. The fraction of sp³-hybridized carbons (Fsp3) is 0.455. The van der Waals surface area contributed by atoms with E-state index in [1.165, 1.54) is 29.9 Å². The van der Waals surface area contributed by atoms with Crippen LogP contribution in [0.1, 0.15) is 18.4 Å². The number of nitro benzene ring substituents is 1. The molecule has 1 heterocycles. The van der Waals surface area contributed by atoms with Gasteiger partial charge in [0.25, 0.3) is 5.69 Å². The van der Waals surface area contributed by atoms with Crippen molar-refractivity contribution >= 4 is 16.6 Å². The van der Waals surface area contributed by atoms with Crippen LogP contribution in [0, 0.1) is 10.1 Å². The second-order valence-electron chi connectivity index (χ2n) is 3.80. The Morgan fingerprint density at radius 1 is 1.19 bits per heavy atom. The van der Waals surface area contributed by atoms with E-state index in [2.05, 4.69) is 0 Å². The molecule has 0 unspecified atom stereocenters. The van der Waals surface area contributed by atoms with E-state index in [-0.39, 0.29) is 23.0 Å². The van der Waals surface area contributed by atoms with Gasteiger partial charge in [0.2, 0.25) is 0 Å². The molecule has 88 valence electrons. The SMILES string of the molecule is O=[N+]([O-])c1ccc(C[S+]2CCCC2)cc1.[Cl-]. The Balaban J connectivity index is 0.00000128. The molecule has 1 aliphatic heterocycles. The topological polar surface area (TPSA) is 43.1 Å². The molecule has 0 spiro atoms. The fourth-order valence-corrected chi connectivity index (χ4v) is 4.19. The van der Waals surface area contributed by atoms with Crippen LogP contribution in [-0.4, -0.2) is 16.4 Å². The summed E-state index contributed by atoms with van der Waals surface area (Å²) in [7, 11) is 0.535. The second kappa shape index (κ2) is 6.11. The lowest BCUT2D eigenvalue weighted by Crippen LogP contribution is -3.00. The Morgan fingerprint density at radius 3 is 2.25 bits per heavy atom. The molecule has 3 nitrogen and oxygen atoms in total. The third-order valence-corrected chi connectivity index (χ3v) is 5.11. The summed E-state index contributed by atoms with van der Waals surface area (Å²) in [4.78, 5) is 10.1. The Kier molecular flexibility index (Phi) is 5.09. The van der Waals surface area contributed by atoms with Crippen molar-refractivity contribution in [1.82, 2.24) is 0 Å². The van der Waals surface area contributed by atoms with Gasteiger partial charge in [-0.25, -0.2) is 0 Å². The van der Waals surface area contributed by atoms with Gasteiger partial charge in [-0.2, -0.15) is 0 Å². The summed E-state index contributed by atoms with van der Waals surface area (Å²) in [5, 5.41) is 10.5. The summed E-state index contributed by atoms with van der Waals surface area (Å²) < 4.78 is 0. The van der Waals surface area contributed by atoms with Gasteiger partial charge in [-0.1, -0.05) is 0 Å². The highest BCUT2D eigenvalue weighted by molar-refractivity contribution is 7.96. The number of halogens is 1. The maximum absolute atomic E-state index is 10.5. The number of rotatable bonds is 3. The largest absolute Gasteiger partial charge is 1.00 e. The maximum Gasteiger partial charge on any atom is 0.269 e. The first-order valence-electron chi connectivity index (χ1n) is 5.13. The third-order valence-electron chi connectivity index (χ3n) is 2.63. The average molecular weight is 260 g/mol. The lowest BCUT2D eigenvalue weighted by atomic mass is 10.2. The van der Waals surface area contributed by atoms with Crippen molar-refractivity contribution in [1.29, 1.82) is 0 Å². The Labute approximate surface area is 104 Å². The summed E-state index contributed by atoms with van der Waals surface area (Å²) in [6, 6.07) is 7.00. The predicted octanol–water partition coefficient (Wildman–Crippen LogP) is -0.489. The van der Waals surface area contributed by atoms with Crippen LogP contribution >= 0.6 is 0 Å². The number of hydrogen-bond acceptors (Lipinski definition) is 2. The molecule has 1 aromatic carbocycles. The first-order chi connectivity index (χ1) is 7.25. The molecule has 0 bridgehead atoms. The van der Waals surface area contributed by atoms with E-state index in [1.54, 1.807) is 12.1 Å². The van der Waals surface area contributed by atoms with Gasteiger partial charge >= 0.3 is 0 Å². The molecule has 0 aliphatic carbocycles. The van der Waals surface area contributed by atoms with Gasteiger partial charge in [0.05, 0.1) is 4.92 Å². The highest BCUT2D eigenvalue weighted by Gasteiger charge is 2.24. The Morgan fingerprint density at radius 2 is 1.75 bits per heavy atom. The first kappa shape index (κ1) is 13.3. The van der Waals surface area contributed by atoms with Gasteiger partial charge in [0.1, 0.15) is 17.3 Å². The number of benzene rings is 1. The van der Waals surface area contributed by atoms with E-state index in [9.17, 15) is 10.1 Å². The van der Waals surface area contributed by atoms with E-state index in [1.807, 2.05) is 12.1 Å². The van der Waals surface area contributed by atoms with Crippen LogP contribution in [0.4, 0.5) is 5.69 Å². The third kappa shape index (κ3) is 3.39. The van der Waals surface area contributed by atoms with Crippen molar-refractivity contribution in [2.24, 2.45) is 0 Å². The zero-order chi connectivity index (χ0) is 10.7. The molecule has 1 fully saturated rings. The lowest BCUT2D eigenvalue weighted by Gasteiger charge is -2.00. The van der Waals surface area contributed by atoms with E-state index in [0.717, 1.165) is 5.75 Å². The average Bonchev–Trinajstić information content (AvgIpc) is 2.71. The van der Waals surface area contributed by atoms with E-state index < -0.39 is 0 Å². The van der Waals surface area contributed by atoms with Crippen LogP contribution in [0.25, 0.3) is 0 Å². The standard InChI is InChI=1S/C11H14NO2S.ClH/c13-12(14)11-5-3-10(4-6-11)9-15-7-1-2-8-15;/h3-6H,1-2,7-9H2;1H/q+1;/p-1. The van der Waals surface area contributed by atoms with Gasteiger partial charge < -0.3 is 12.4 Å². The minimum absolute atomic E-state index is 0. The van der Waals surface area contributed by atoms with Gasteiger partial charge in [-0.05, 0) is 35.9 Å². The second-order valence-corrected chi connectivity index (χ2v) is 6.13. The number of hydrogen-bond donors (Lipinski definition) is 0. The molecule has 16 heavy (non-hydrogen) atoms. The van der Waals surface area contributed by atoms with Gasteiger partial charge in [-0.15, -0.1) is 0 Å². The van der Waals surface area contributed by atoms with E-state index in [4.69, 9.17) is 0 Å². The number of nitrogens with zero attached hydrogens (tertiary/aromatic N) is 1. The smallest absolute Gasteiger partial charge is 0.269 e. The first-order valence-corrected chi connectivity index (χ1v) is 6.86. The van der Waals surface area contributed by atoms with Crippen LogP contribution in [0.15, 0.2) is 24.3 Å². The zero-order valence-corrected chi connectivity index (χ0v) is 10.5. The van der Waals surface area contributed by atoms with Gasteiger partial charge in [0.15, 0.2) is 0 Å². The summed E-state index contributed by atoms with van der Waals surface area (Å²) in [6.07, 6.45) is 2.71. The van der Waals surface area contributed by atoms with Crippen molar-refractivity contribution in [2.45, 2.75) is 18.6 Å². The minimum Gasteiger partial charge on any atom is -1.00 e. The summed E-state index contributed by atoms with van der Waals surface area (Å²) in [6.45, 7) is 0. The quantitative estimate of drug-likeness (QED) is 0.418. The van der Waals surface area contributed by atoms with Crippen molar-refractivity contribution in [2.75, 3.05) is 11.5 Å². The normalized spacial score (nSPS) is 15.8. The Bertz CT molecular complexity index is 350. The minimum atomic E-state index is -0.346. The predicted molar refractivity (Wildman–Crippen MR) is 63.1 cm³/mol. The van der Waals surface area contributed by atoms with Crippen molar-refractivity contribution in [3.05, 3.63) is 39.9 Å². The van der Waals surface area contributed by atoms with Crippen molar-refractivity contribution < 1.29 is 17.3 Å². The molecule has 1 saturated heterocycles. The van der Waals surface area contributed by atoms with Crippen LogP contribution in [0.5, 0.6) is 0 Å². The molecule has 0 N–H and O–H groups in total. The highest BCUT2D eigenvalue weighted by Crippen LogP contribution is 2.20. The van der Waals surface area contributed by atoms with Crippen molar-refractivity contribution in [3.63, 3.8) is 0 Å². The van der Waals surface area contributed by atoms with Crippen LogP contribution in [-0.2, 0) is 16.6 Å².